The van der Waals surface area contributed by atoms with Gasteiger partial charge in [-0.05, 0) is 80.4 Å². The molecule has 0 bridgehead atoms. The first-order valence-corrected chi connectivity index (χ1v) is 15.4. The van der Waals surface area contributed by atoms with Crippen molar-refractivity contribution in [2.45, 2.75) is 77.3 Å². The van der Waals surface area contributed by atoms with Gasteiger partial charge in [-0.2, -0.15) is 0 Å². The average molecular weight is 577 g/mol. The predicted molar refractivity (Wildman–Crippen MR) is 159 cm³/mol. The lowest BCUT2D eigenvalue weighted by molar-refractivity contribution is -0.153. The number of aliphatic hydroxyl groups excluding tert-OH is 2. The van der Waals surface area contributed by atoms with Crippen LogP contribution < -0.4 is 5.32 Å². The zero-order chi connectivity index (χ0) is 28.9. The monoisotopic (exact) mass is 576 g/mol. The number of carbonyl (C=O) groups is 2. The summed E-state index contributed by atoms with van der Waals surface area (Å²) in [5, 5.41) is 26.6. The van der Waals surface area contributed by atoms with Crippen molar-refractivity contribution in [1.29, 1.82) is 0 Å². The molecule has 0 aliphatic carbocycles. The van der Waals surface area contributed by atoms with Crippen molar-refractivity contribution in [2.75, 3.05) is 19.6 Å². The van der Waals surface area contributed by atoms with E-state index in [4.69, 9.17) is 0 Å². The van der Waals surface area contributed by atoms with Gasteiger partial charge in [-0.1, -0.05) is 42.5 Å². The van der Waals surface area contributed by atoms with Crippen LogP contribution in [0.2, 0.25) is 0 Å². The van der Waals surface area contributed by atoms with E-state index in [-0.39, 0.29) is 12.6 Å². The molecule has 2 aliphatic heterocycles. The van der Waals surface area contributed by atoms with Crippen LogP contribution in [-0.2, 0) is 29.1 Å². The number of carbonyl (C=O) groups excluding carboxylic acids is 2. The summed E-state index contributed by atoms with van der Waals surface area (Å²) < 4.78 is 0. The Morgan fingerprint density at radius 1 is 1.02 bits per heavy atom. The van der Waals surface area contributed by atoms with Crippen LogP contribution >= 0.6 is 11.3 Å². The molecule has 2 aromatic carbocycles. The molecular formula is C32H40N4O4S. The third kappa shape index (κ3) is 7.04. The SMILES string of the molecule is Cc1cccc(C)c1Cc1csc(CNC(=O)C(O)[C@@H](O)C(=O)N2CCCC2c2cccc(CN3CCCC3)c2)n1. The summed E-state index contributed by atoms with van der Waals surface area (Å²) >= 11 is 1.43. The summed E-state index contributed by atoms with van der Waals surface area (Å²) in [6.45, 7) is 7.88. The Balaban J connectivity index is 1.16. The highest BCUT2D eigenvalue weighted by atomic mass is 32.1. The van der Waals surface area contributed by atoms with E-state index in [0.717, 1.165) is 43.7 Å². The van der Waals surface area contributed by atoms with Crippen LogP contribution in [0, 0.1) is 13.8 Å². The Bertz CT molecular complexity index is 1350. The normalized spacial score (nSPS) is 18.9. The van der Waals surface area contributed by atoms with Gasteiger partial charge < -0.3 is 20.4 Å². The standard InChI is InChI=1S/C32H40N4O4S/c1-21-8-5-9-22(2)26(21)17-25-20-41-28(34-25)18-33-31(39)29(37)30(38)32(40)36-15-7-12-27(36)24-11-6-10-23(16-24)19-35-13-3-4-14-35/h5-6,8-11,16,20,27,29-30,37-38H,3-4,7,12-15,17-19H2,1-2H3,(H,33,39)/t27?,29?,30-/m1/s1. The van der Waals surface area contributed by atoms with Crippen LogP contribution in [0.1, 0.15) is 70.2 Å². The summed E-state index contributed by atoms with van der Waals surface area (Å²) in [5.74, 6) is -1.41. The molecule has 1 aromatic heterocycles. The zero-order valence-electron chi connectivity index (χ0n) is 23.9. The number of likely N-dealkylation sites (tertiary alicyclic amines) is 2. The molecule has 0 saturated carbocycles. The number of nitrogens with one attached hydrogen (secondary N) is 1. The van der Waals surface area contributed by atoms with Crippen LogP contribution in [0.4, 0.5) is 0 Å². The number of rotatable bonds is 10. The highest BCUT2D eigenvalue weighted by molar-refractivity contribution is 7.09. The van der Waals surface area contributed by atoms with Crippen LogP contribution in [0.3, 0.4) is 0 Å². The molecule has 41 heavy (non-hydrogen) atoms. The number of aromatic nitrogens is 1. The van der Waals surface area contributed by atoms with Gasteiger partial charge >= 0.3 is 0 Å². The van der Waals surface area contributed by atoms with Crippen molar-refractivity contribution in [1.82, 2.24) is 20.1 Å². The molecule has 2 unspecified atom stereocenters. The summed E-state index contributed by atoms with van der Waals surface area (Å²) in [6.07, 6.45) is 1.06. The zero-order valence-corrected chi connectivity index (χ0v) is 24.7. The van der Waals surface area contributed by atoms with Gasteiger partial charge in [0, 0.05) is 24.9 Å². The van der Waals surface area contributed by atoms with E-state index in [2.05, 4.69) is 53.3 Å². The second-order valence-electron chi connectivity index (χ2n) is 11.3. The lowest BCUT2D eigenvalue weighted by Gasteiger charge is -2.29. The second kappa shape index (κ2) is 13.2. The molecule has 2 amide bonds. The second-order valence-corrected chi connectivity index (χ2v) is 12.2. The van der Waals surface area contributed by atoms with Gasteiger partial charge in [0.05, 0.1) is 18.3 Å². The molecule has 2 saturated heterocycles. The number of benzene rings is 2. The maximum absolute atomic E-state index is 13.3. The van der Waals surface area contributed by atoms with Crippen molar-refractivity contribution in [3.05, 3.63) is 86.4 Å². The van der Waals surface area contributed by atoms with Crippen molar-refractivity contribution < 1.29 is 19.8 Å². The van der Waals surface area contributed by atoms with Crippen LogP contribution in [0.15, 0.2) is 47.8 Å². The fraction of sp³-hybridized carbons (Fsp3) is 0.469. The van der Waals surface area contributed by atoms with Gasteiger partial charge in [0.15, 0.2) is 12.2 Å². The molecular weight excluding hydrogens is 536 g/mol. The number of nitrogens with zero attached hydrogens (tertiary/aromatic N) is 3. The van der Waals surface area contributed by atoms with E-state index in [1.54, 1.807) is 4.90 Å². The number of hydrogen-bond donors (Lipinski definition) is 3. The minimum absolute atomic E-state index is 0.115. The summed E-state index contributed by atoms with van der Waals surface area (Å²) in [7, 11) is 0. The summed E-state index contributed by atoms with van der Waals surface area (Å²) in [5.41, 5.74) is 6.82. The van der Waals surface area contributed by atoms with Crippen molar-refractivity contribution in [3.63, 3.8) is 0 Å². The van der Waals surface area contributed by atoms with Gasteiger partial charge in [-0.15, -0.1) is 11.3 Å². The van der Waals surface area contributed by atoms with E-state index in [1.165, 1.54) is 46.4 Å². The largest absolute Gasteiger partial charge is 0.380 e. The minimum Gasteiger partial charge on any atom is -0.380 e. The third-order valence-electron chi connectivity index (χ3n) is 8.31. The van der Waals surface area contributed by atoms with Gasteiger partial charge in [0.25, 0.3) is 11.8 Å². The van der Waals surface area contributed by atoms with E-state index in [0.29, 0.717) is 18.0 Å². The Kier molecular flexibility index (Phi) is 9.49. The first kappa shape index (κ1) is 29.4. The molecule has 0 spiro atoms. The number of thiazole rings is 1. The van der Waals surface area contributed by atoms with Crippen molar-refractivity contribution in [2.24, 2.45) is 0 Å². The highest BCUT2D eigenvalue weighted by Gasteiger charge is 2.38. The highest BCUT2D eigenvalue weighted by Crippen LogP contribution is 2.33. The molecule has 9 heteroatoms. The molecule has 5 rings (SSSR count). The predicted octanol–water partition coefficient (Wildman–Crippen LogP) is 3.65. The third-order valence-corrected chi connectivity index (χ3v) is 9.21. The molecule has 2 aliphatic rings. The first-order valence-electron chi connectivity index (χ1n) is 14.5. The Morgan fingerprint density at radius 2 is 1.76 bits per heavy atom. The maximum atomic E-state index is 13.3. The molecule has 3 N–H and O–H groups in total. The maximum Gasteiger partial charge on any atom is 0.255 e. The number of hydrogen-bond acceptors (Lipinski definition) is 7. The summed E-state index contributed by atoms with van der Waals surface area (Å²) in [6, 6.07) is 14.3. The molecule has 218 valence electrons. The van der Waals surface area contributed by atoms with E-state index in [1.807, 2.05) is 23.6 Å². The van der Waals surface area contributed by atoms with Crippen molar-refractivity contribution >= 4 is 23.2 Å². The fourth-order valence-corrected chi connectivity index (χ4v) is 6.74. The molecule has 3 atom stereocenters. The first-order chi connectivity index (χ1) is 19.8. The van der Waals surface area contributed by atoms with Crippen molar-refractivity contribution in [3.8, 4) is 0 Å². The number of amides is 2. The van der Waals surface area contributed by atoms with E-state index >= 15 is 0 Å². The van der Waals surface area contributed by atoms with Gasteiger partial charge in [-0.25, -0.2) is 4.98 Å². The van der Waals surface area contributed by atoms with Gasteiger partial charge in [0.2, 0.25) is 0 Å². The number of aryl methyl sites for hydroxylation is 2. The molecule has 8 nitrogen and oxygen atoms in total. The summed E-state index contributed by atoms with van der Waals surface area (Å²) in [4.78, 5) is 34.6. The van der Waals surface area contributed by atoms with Gasteiger partial charge in [0.1, 0.15) is 5.01 Å². The average Bonchev–Trinajstić information content (AvgIpc) is 3.75. The molecule has 2 fully saturated rings. The lowest BCUT2D eigenvalue weighted by atomic mass is 9.99. The van der Waals surface area contributed by atoms with Gasteiger partial charge in [-0.3, -0.25) is 14.5 Å². The minimum atomic E-state index is -1.86. The Hall–Kier alpha value is -3.11. The van der Waals surface area contributed by atoms with E-state index < -0.39 is 24.0 Å². The van der Waals surface area contributed by atoms with Crippen LogP contribution in [0.25, 0.3) is 0 Å². The van der Waals surface area contributed by atoms with Crippen LogP contribution in [0.5, 0.6) is 0 Å². The smallest absolute Gasteiger partial charge is 0.255 e. The Morgan fingerprint density at radius 3 is 2.51 bits per heavy atom. The Labute approximate surface area is 246 Å². The number of aliphatic hydroxyl groups is 2. The lowest BCUT2D eigenvalue weighted by Crippen LogP contribution is -2.50. The van der Waals surface area contributed by atoms with Crippen LogP contribution in [-0.4, -0.2) is 68.7 Å². The topological polar surface area (TPSA) is 106 Å². The van der Waals surface area contributed by atoms with E-state index in [9.17, 15) is 19.8 Å². The molecule has 3 aromatic rings. The fourth-order valence-electron chi connectivity index (χ4n) is 6.01. The molecule has 3 heterocycles. The molecule has 0 radical (unpaired) electrons. The quantitative estimate of drug-likeness (QED) is 0.340.